The summed E-state index contributed by atoms with van der Waals surface area (Å²) in [5.74, 6) is -0.675. The zero-order chi connectivity index (χ0) is 19.9. The van der Waals surface area contributed by atoms with Gasteiger partial charge in [-0.15, -0.1) is 0 Å². The van der Waals surface area contributed by atoms with Gasteiger partial charge in [0.15, 0.2) is 0 Å². The minimum absolute atomic E-state index is 0.111. The van der Waals surface area contributed by atoms with E-state index in [0.29, 0.717) is 5.69 Å². The third-order valence-corrected chi connectivity index (χ3v) is 6.77. The predicted octanol–water partition coefficient (Wildman–Crippen LogP) is 5.26. The standard InChI is InChI=1S/C19H13ClFN3O2S2/c1-11-9-12(18-23-17-3-2-8-22-19(17)27-18)4-7-16(11)24-28(25,26)13-5-6-15(21)14(20)10-13/h2-10,24H,1H3. The number of nitrogens with one attached hydrogen (secondary N) is 1. The summed E-state index contributed by atoms with van der Waals surface area (Å²) < 4.78 is 41.0. The van der Waals surface area contributed by atoms with Crippen molar-refractivity contribution in [2.24, 2.45) is 0 Å². The van der Waals surface area contributed by atoms with Gasteiger partial charge in [-0.25, -0.2) is 22.8 Å². The molecule has 0 saturated carbocycles. The number of sulfonamides is 1. The van der Waals surface area contributed by atoms with E-state index in [0.717, 1.165) is 38.6 Å². The summed E-state index contributed by atoms with van der Waals surface area (Å²) in [6, 6.07) is 12.3. The average Bonchev–Trinajstić information content (AvgIpc) is 3.09. The van der Waals surface area contributed by atoms with Gasteiger partial charge in [-0.05, 0) is 61.0 Å². The van der Waals surface area contributed by atoms with Crippen LogP contribution < -0.4 is 4.72 Å². The number of aryl methyl sites for hydroxylation is 1. The third kappa shape index (κ3) is 3.58. The smallest absolute Gasteiger partial charge is 0.261 e. The van der Waals surface area contributed by atoms with Crippen LogP contribution in [0.5, 0.6) is 0 Å². The van der Waals surface area contributed by atoms with Crippen LogP contribution >= 0.6 is 22.9 Å². The molecule has 142 valence electrons. The van der Waals surface area contributed by atoms with Gasteiger partial charge < -0.3 is 0 Å². The fourth-order valence-electron chi connectivity index (χ4n) is 2.65. The summed E-state index contributed by atoms with van der Waals surface area (Å²) in [6.07, 6.45) is 1.72. The quantitative estimate of drug-likeness (QED) is 0.476. The molecule has 0 aliphatic rings. The Morgan fingerprint density at radius 1 is 1.14 bits per heavy atom. The van der Waals surface area contributed by atoms with Gasteiger partial charge in [0.2, 0.25) is 0 Å². The molecule has 2 aromatic heterocycles. The highest BCUT2D eigenvalue weighted by Gasteiger charge is 2.17. The molecule has 1 N–H and O–H groups in total. The Morgan fingerprint density at radius 2 is 1.96 bits per heavy atom. The number of hydrogen-bond donors (Lipinski definition) is 1. The van der Waals surface area contributed by atoms with Crippen LogP contribution in [0.2, 0.25) is 5.02 Å². The number of anilines is 1. The van der Waals surface area contributed by atoms with Crippen molar-refractivity contribution < 1.29 is 12.8 Å². The van der Waals surface area contributed by atoms with Gasteiger partial charge in [-0.3, -0.25) is 4.72 Å². The van der Waals surface area contributed by atoms with Crippen LogP contribution in [-0.4, -0.2) is 18.4 Å². The molecule has 0 aliphatic carbocycles. The number of halogens is 2. The zero-order valence-electron chi connectivity index (χ0n) is 14.5. The number of thiazole rings is 1. The van der Waals surface area contributed by atoms with Gasteiger partial charge in [0.05, 0.1) is 15.6 Å². The number of benzene rings is 2. The molecule has 2 heterocycles. The van der Waals surface area contributed by atoms with Crippen molar-refractivity contribution in [2.45, 2.75) is 11.8 Å². The Kier molecular flexibility index (Phi) is 4.78. The van der Waals surface area contributed by atoms with E-state index in [1.807, 2.05) is 18.2 Å². The Hall–Kier alpha value is -2.55. The molecule has 9 heteroatoms. The summed E-state index contributed by atoms with van der Waals surface area (Å²) in [4.78, 5) is 9.58. The molecule has 0 unspecified atom stereocenters. The lowest BCUT2D eigenvalue weighted by molar-refractivity contribution is 0.599. The van der Waals surface area contributed by atoms with Crippen LogP contribution in [0.3, 0.4) is 0 Å². The number of hydrogen-bond acceptors (Lipinski definition) is 5. The zero-order valence-corrected chi connectivity index (χ0v) is 16.9. The van der Waals surface area contributed by atoms with Crippen LogP contribution in [0.4, 0.5) is 10.1 Å². The Labute approximate surface area is 169 Å². The van der Waals surface area contributed by atoms with Crippen LogP contribution in [0, 0.1) is 12.7 Å². The van der Waals surface area contributed by atoms with E-state index in [1.54, 1.807) is 25.3 Å². The second-order valence-electron chi connectivity index (χ2n) is 6.06. The first-order chi connectivity index (χ1) is 13.3. The van der Waals surface area contributed by atoms with Gasteiger partial charge in [-0.2, -0.15) is 0 Å². The summed E-state index contributed by atoms with van der Waals surface area (Å²) in [7, 11) is -3.90. The molecular weight excluding hydrogens is 421 g/mol. The largest absolute Gasteiger partial charge is 0.279 e. The molecule has 0 saturated heterocycles. The fraction of sp³-hybridized carbons (Fsp3) is 0.0526. The Morgan fingerprint density at radius 3 is 2.68 bits per heavy atom. The maximum Gasteiger partial charge on any atom is 0.261 e. The van der Waals surface area contributed by atoms with Crippen molar-refractivity contribution in [3.63, 3.8) is 0 Å². The highest BCUT2D eigenvalue weighted by molar-refractivity contribution is 7.92. The molecule has 4 rings (SSSR count). The van der Waals surface area contributed by atoms with Crippen molar-refractivity contribution in [3.8, 4) is 10.6 Å². The minimum atomic E-state index is -3.90. The lowest BCUT2D eigenvalue weighted by Crippen LogP contribution is -2.14. The lowest BCUT2D eigenvalue weighted by Gasteiger charge is -2.12. The first kappa shape index (κ1) is 18.8. The van der Waals surface area contributed by atoms with Crippen molar-refractivity contribution in [1.82, 2.24) is 9.97 Å². The van der Waals surface area contributed by atoms with E-state index < -0.39 is 15.8 Å². The molecule has 0 atom stereocenters. The molecule has 0 fully saturated rings. The highest BCUT2D eigenvalue weighted by atomic mass is 35.5. The van der Waals surface area contributed by atoms with Gasteiger partial charge in [-0.1, -0.05) is 22.9 Å². The Bertz CT molecular complexity index is 1270. The number of aromatic nitrogens is 2. The average molecular weight is 434 g/mol. The van der Waals surface area contributed by atoms with E-state index >= 15 is 0 Å². The normalized spacial score (nSPS) is 11.7. The minimum Gasteiger partial charge on any atom is -0.279 e. The van der Waals surface area contributed by atoms with Gasteiger partial charge >= 0.3 is 0 Å². The highest BCUT2D eigenvalue weighted by Crippen LogP contribution is 2.31. The second kappa shape index (κ2) is 7.12. The van der Waals surface area contributed by atoms with E-state index in [9.17, 15) is 12.8 Å². The van der Waals surface area contributed by atoms with E-state index in [1.165, 1.54) is 17.4 Å². The first-order valence-corrected chi connectivity index (χ1v) is 10.8. The molecule has 0 spiro atoms. The Balaban J connectivity index is 1.65. The topological polar surface area (TPSA) is 72.0 Å². The maximum atomic E-state index is 13.3. The lowest BCUT2D eigenvalue weighted by atomic mass is 10.1. The van der Waals surface area contributed by atoms with Crippen molar-refractivity contribution in [2.75, 3.05) is 4.72 Å². The predicted molar refractivity (Wildman–Crippen MR) is 110 cm³/mol. The van der Waals surface area contributed by atoms with E-state index in [4.69, 9.17) is 11.6 Å². The summed E-state index contributed by atoms with van der Waals surface area (Å²) in [5, 5.41) is 0.552. The molecule has 0 bridgehead atoms. The molecule has 4 aromatic rings. The second-order valence-corrected chi connectivity index (χ2v) is 9.12. The number of fused-ring (bicyclic) bond motifs is 1. The molecule has 28 heavy (non-hydrogen) atoms. The molecule has 0 radical (unpaired) electrons. The number of nitrogens with zero attached hydrogens (tertiary/aromatic N) is 2. The molecule has 0 amide bonds. The monoisotopic (exact) mass is 433 g/mol. The maximum absolute atomic E-state index is 13.3. The molecule has 0 aliphatic heterocycles. The van der Waals surface area contributed by atoms with Crippen molar-refractivity contribution >= 4 is 49.0 Å². The molecule has 2 aromatic carbocycles. The van der Waals surface area contributed by atoms with Gasteiger partial charge in [0, 0.05) is 11.8 Å². The number of rotatable bonds is 4. The van der Waals surface area contributed by atoms with Crippen molar-refractivity contribution in [1.29, 1.82) is 0 Å². The van der Waals surface area contributed by atoms with Crippen LogP contribution in [0.15, 0.2) is 59.6 Å². The van der Waals surface area contributed by atoms with E-state index in [2.05, 4.69) is 14.7 Å². The van der Waals surface area contributed by atoms with E-state index in [-0.39, 0.29) is 9.92 Å². The molecule has 5 nitrogen and oxygen atoms in total. The summed E-state index contributed by atoms with van der Waals surface area (Å²) in [5.41, 5.74) is 2.83. The SMILES string of the molecule is Cc1cc(-c2nc3cccnc3s2)ccc1NS(=O)(=O)c1ccc(F)c(Cl)c1. The molecular formula is C19H13ClFN3O2S2. The van der Waals surface area contributed by atoms with Gasteiger partial charge in [0.25, 0.3) is 10.0 Å². The fourth-order valence-corrected chi connectivity index (χ4v) is 4.96. The third-order valence-electron chi connectivity index (χ3n) is 4.09. The van der Waals surface area contributed by atoms with Crippen molar-refractivity contribution in [3.05, 3.63) is 71.1 Å². The first-order valence-electron chi connectivity index (χ1n) is 8.14. The van der Waals surface area contributed by atoms with Crippen LogP contribution in [-0.2, 0) is 10.0 Å². The summed E-state index contributed by atoms with van der Waals surface area (Å²) in [6.45, 7) is 1.80. The summed E-state index contributed by atoms with van der Waals surface area (Å²) >= 11 is 7.16. The van der Waals surface area contributed by atoms with Gasteiger partial charge in [0.1, 0.15) is 21.2 Å². The van der Waals surface area contributed by atoms with Crippen LogP contribution in [0.25, 0.3) is 20.9 Å². The number of pyridine rings is 1. The van der Waals surface area contributed by atoms with Crippen LogP contribution in [0.1, 0.15) is 5.56 Å².